The first kappa shape index (κ1) is 14.4. The summed E-state index contributed by atoms with van der Waals surface area (Å²) in [6.07, 6.45) is 0. The van der Waals surface area contributed by atoms with E-state index in [0.717, 1.165) is 0 Å². The summed E-state index contributed by atoms with van der Waals surface area (Å²) in [5.41, 5.74) is 0.190. The zero-order valence-corrected chi connectivity index (χ0v) is 9.01. The monoisotopic (exact) mass is 250 g/mol. The van der Waals surface area contributed by atoms with E-state index in [1.807, 2.05) is 0 Å². The zero-order chi connectivity index (χ0) is 12.8. The van der Waals surface area contributed by atoms with Crippen molar-refractivity contribution in [1.29, 1.82) is 0 Å². The maximum atomic E-state index is 10.5. The summed E-state index contributed by atoms with van der Waals surface area (Å²) in [4.78, 5) is 10.5. The largest absolute Gasteiger partial charge is 0.496 e. The number of carboxylic acids is 1. The Kier molecular flexibility index (Phi) is 5.43. The Labute approximate surface area is 91.9 Å². The molecule has 1 aromatic rings. The standard InChI is InChI=1S/C8H8O3.H2O4S/c1-11-7-5-3-2-4-6(7)8(9)10;1-5(2,3)4/h2-5H,1H3,(H,9,10);(H2,1,2,3,4). The number of ether oxygens (including phenoxy) is 1. The predicted octanol–water partition coefficient (Wildman–Crippen LogP) is 0.741. The first-order valence-corrected chi connectivity index (χ1v) is 5.21. The molecule has 1 rings (SSSR count). The lowest BCUT2D eigenvalue weighted by molar-refractivity contribution is 0.0693. The molecule has 0 saturated heterocycles. The number of hydrogen-bond acceptors (Lipinski definition) is 4. The highest BCUT2D eigenvalue weighted by atomic mass is 32.3. The van der Waals surface area contributed by atoms with Crippen molar-refractivity contribution in [2.45, 2.75) is 0 Å². The molecule has 0 saturated carbocycles. The highest BCUT2D eigenvalue weighted by Crippen LogP contribution is 2.16. The van der Waals surface area contributed by atoms with Gasteiger partial charge in [0.1, 0.15) is 11.3 Å². The Bertz CT molecular complexity index is 443. The molecule has 8 heteroatoms. The molecule has 7 nitrogen and oxygen atoms in total. The molecule has 0 aliphatic rings. The molecular formula is C8H10O7S. The van der Waals surface area contributed by atoms with Gasteiger partial charge in [-0.25, -0.2) is 4.79 Å². The fraction of sp³-hybridized carbons (Fsp3) is 0.125. The normalized spacial score (nSPS) is 9.94. The Morgan fingerprint density at radius 3 is 2.00 bits per heavy atom. The molecule has 0 aliphatic carbocycles. The number of rotatable bonds is 2. The molecular weight excluding hydrogens is 240 g/mol. The lowest BCUT2D eigenvalue weighted by atomic mass is 10.2. The maximum absolute atomic E-state index is 10.5. The Balaban J connectivity index is 0.000000385. The van der Waals surface area contributed by atoms with E-state index in [2.05, 4.69) is 0 Å². The van der Waals surface area contributed by atoms with Crippen molar-refractivity contribution >= 4 is 16.4 Å². The fourth-order valence-electron chi connectivity index (χ4n) is 0.821. The number of methoxy groups -OCH3 is 1. The van der Waals surface area contributed by atoms with Gasteiger partial charge in [-0.1, -0.05) is 12.1 Å². The van der Waals surface area contributed by atoms with Gasteiger partial charge in [-0.05, 0) is 12.1 Å². The van der Waals surface area contributed by atoms with Crippen LogP contribution in [0.15, 0.2) is 24.3 Å². The van der Waals surface area contributed by atoms with E-state index in [1.54, 1.807) is 18.2 Å². The van der Waals surface area contributed by atoms with Crippen molar-refractivity contribution in [1.82, 2.24) is 0 Å². The van der Waals surface area contributed by atoms with E-state index in [1.165, 1.54) is 13.2 Å². The van der Waals surface area contributed by atoms with E-state index in [9.17, 15) is 4.79 Å². The molecule has 0 atom stereocenters. The van der Waals surface area contributed by atoms with Crippen LogP contribution in [0.1, 0.15) is 10.4 Å². The molecule has 1 aromatic carbocycles. The molecule has 16 heavy (non-hydrogen) atoms. The van der Waals surface area contributed by atoms with Crippen molar-refractivity contribution in [3.63, 3.8) is 0 Å². The summed E-state index contributed by atoms with van der Waals surface area (Å²) in [7, 11) is -3.22. The zero-order valence-electron chi connectivity index (χ0n) is 8.19. The minimum atomic E-state index is -4.67. The lowest BCUT2D eigenvalue weighted by Gasteiger charge is -2.01. The first-order valence-electron chi connectivity index (χ1n) is 3.82. The first-order chi connectivity index (χ1) is 7.25. The Morgan fingerprint density at radius 1 is 1.25 bits per heavy atom. The predicted molar refractivity (Wildman–Crippen MR) is 54.1 cm³/mol. The van der Waals surface area contributed by atoms with Crippen LogP contribution < -0.4 is 4.74 Å². The quantitative estimate of drug-likeness (QED) is 0.662. The van der Waals surface area contributed by atoms with Crippen LogP contribution in [-0.2, 0) is 10.4 Å². The van der Waals surface area contributed by atoms with E-state index in [0.29, 0.717) is 5.75 Å². The minimum absolute atomic E-state index is 0.190. The highest BCUT2D eigenvalue weighted by molar-refractivity contribution is 7.79. The summed E-state index contributed by atoms with van der Waals surface area (Å²) in [5, 5.41) is 8.62. The van der Waals surface area contributed by atoms with Crippen LogP contribution in [0, 0.1) is 0 Å². The topological polar surface area (TPSA) is 121 Å². The van der Waals surface area contributed by atoms with Crippen molar-refractivity contribution < 1.29 is 32.2 Å². The number of carboxylic acid groups (broad SMARTS) is 1. The molecule has 3 N–H and O–H groups in total. The van der Waals surface area contributed by atoms with Gasteiger partial charge in [0.25, 0.3) is 0 Å². The maximum Gasteiger partial charge on any atom is 0.394 e. The highest BCUT2D eigenvalue weighted by Gasteiger charge is 2.07. The summed E-state index contributed by atoms with van der Waals surface area (Å²) in [5.74, 6) is -0.581. The number of para-hydroxylation sites is 1. The van der Waals surface area contributed by atoms with Crippen LogP contribution in [0.25, 0.3) is 0 Å². The number of carbonyl (C=O) groups is 1. The summed E-state index contributed by atoms with van der Waals surface area (Å²) in [6, 6.07) is 6.50. The van der Waals surface area contributed by atoms with Crippen LogP contribution in [0.3, 0.4) is 0 Å². The molecule has 0 unspecified atom stereocenters. The van der Waals surface area contributed by atoms with E-state index in [-0.39, 0.29) is 5.56 Å². The van der Waals surface area contributed by atoms with Gasteiger partial charge >= 0.3 is 16.4 Å². The lowest BCUT2D eigenvalue weighted by Crippen LogP contribution is -1.99. The van der Waals surface area contributed by atoms with E-state index in [4.69, 9.17) is 27.4 Å². The van der Waals surface area contributed by atoms with Gasteiger partial charge in [0.2, 0.25) is 0 Å². The second kappa shape index (κ2) is 6.05. The van der Waals surface area contributed by atoms with Gasteiger partial charge in [0.15, 0.2) is 0 Å². The smallest absolute Gasteiger partial charge is 0.394 e. The number of benzene rings is 1. The fourth-order valence-corrected chi connectivity index (χ4v) is 0.821. The number of hydrogen-bond donors (Lipinski definition) is 3. The molecule has 0 aliphatic heterocycles. The molecule has 90 valence electrons. The second-order valence-electron chi connectivity index (χ2n) is 2.45. The van der Waals surface area contributed by atoms with Crippen molar-refractivity contribution in [2.24, 2.45) is 0 Å². The molecule has 0 spiro atoms. The van der Waals surface area contributed by atoms with Gasteiger partial charge in [-0.15, -0.1) is 0 Å². The number of aromatic carboxylic acids is 1. The van der Waals surface area contributed by atoms with Gasteiger partial charge in [0.05, 0.1) is 7.11 Å². The van der Waals surface area contributed by atoms with Gasteiger partial charge in [-0.2, -0.15) is 8.42 Å². The Hall–Kier alpha value is -1.64. The van der Waals surface area contributed by atoms with Crippen molar-refractivity contribution in [3.05, 3.63) is 29.8 Å². The van der Waals surface area contributed by atoms with Gasteiger partial charge in [0, 0.05) is 0 Å². The van der Waals surface area contributed by atoms with E-state index >= 15 is 0 Å². The molecule has 0 bridgehead atoms. The summed E-state index contributed by atoms with van der Waals surface area (Å²) >= 11 is 0. The third kappa shape index (κ3) is 6.76. The van der Waals surface area contributed by atoms with Crippen LogP contribution in [0.4, 0.5) is 0 Å². The van der Waals surface area contributed by atoms with Gasteiger partial charge < -0.3 is 9.84 Å². The third-order valence-corrected chi connectivity index (χ3v) is 1.34. The van der Waals surface area contributed by atoms with E-state index < -0.39 is 16.4 Å². The molecule has 0 aromatic heterocycles. The summed E-state index contributed by atoms with van der Waals surface area (Å²) in [6.45, 7) is 0. The third-order valence-electron chi connectivity index (χ3n) is 1.34. The Morgan fingerprint density at radius 2 is 1.69 bits per heavy atom. The second-order valence-corrected chi connectivity index (χ2v) is 3.35. The molecule has 0 radical (unpaired) electrons. The molecule has 0 fully saturated rings. The van der Waals surface area contributed by atoms with Crippen LogP contribution >= 0.6 is 0 Å². The average molecular weight is 250 g/mol. The van der Waals surface area contributed by atoms with Crippen LogP contribution in [0.5, 0.6) is 5.75 Å². The van der Waals surface area contributed by atoms with Gasteiger partial charge in [-0.3, -0.25) is 9.11 Å². The molecule has 0 heterocycles. The SMILES string of the molecule is COc1ccccc1C(=O)O.O=S(=O)(O)O. The van der Waals surface area contributed by atoms with Crippen LogP contribution in [0.2, 0.25) is 0 Å². The summed E-state index contributed by atoms with van der Waals surface area (Å²) < 4.78 is 36.4. The van der Waals surface area contributed by atoms with Crippen LogP contribution in [-0.4, -0.2) is 35.7 Å². The minimum Gasteiger partial charge on any atom is -0.496 e. The van der Waals surface area contributed by atoms with Crippen molar-refractivity contribution in [2.75, 3.05) is 7.11 Å². The molecule has 0 amide bonds. The van der Waals surface area contributed by atoms with Crippen molar-refractivity contribution in [3.8, 4) is 5.75 Å². The average Bonchev–Trinajstić information content (AvgIpc) is 2.15.